The van der Waals surface area contributed by atoms with E-state index in [9.17, 15) is 0 Å². The average Bonchev–Trinajstić information content (AvgIpc) is 3.78. The van der Waals surface area contributed by atoms with Gasteiger partial charge in [0.1, 0.15) is 23.0 Å². The molecule has 0 fully saturated rings. The molecule has 2 aromatic heterocycles. The van der Waals surface area contributed by atoms with Gasteiger partial charge in [0.25, 0.3) is 0 Å². The van der Waals surface area contributed by atoms with Crippen molar-refractivity contribution in [1.82, 2.24) is 19.5 Å². The van der Waals surface area contributed by atoms with Crippen molar-refractivity contribution < 1.29 is 9.47 Å². The molecule has 6 nitrogen and oxygen atoms in total. The van der Waals surface area contributed by atoms with Gasteiger partial charge in [-0.3, -0.25) is 4.57 Å². The zero-order chi connectivity index (χ0) is 46.9. The zero-order valence-corrected chi connectivity index (χ0v) is 40.4. The maximum Gasteiger partial charge on any atom is 0.238 e. The minimum absolute atomic E-state index is 0.535. The van der Waals surface area contributed by atoms with Gasteiger partial charge in [-0.25, -0.2) is 4.98 Å². The molecule has 2 aliphatic heterocycles. The minimum Gasteiger partial charge on any atom is -0.458 e. The van der Waals surface area contributed by atoms with Crippen LogP contribution in [0.5, 0.6) is 23.0 Å². The third-order valence-corrected chi connectivity index (χ3v) is 24.2. The standard InChI is InChI=1S/C63H42N4O2Si2/c1-4-22-45(23-5-1)70(46-24-6-2-7-25-46,47-26-8-3-9-27-47)48-28-20-21-43(41-48)61-64-62(66-63(65-61)67-51-31-12-10-29-49(51)50-30-11-13-32-52(50)67)44-39-40-60-56(42-44)69-55-35-16-19-38-59(55)71(60)57-36-17-14-33-53(57)68-54-34-15-18-37-58(54)71/h1-42H. The first-order valence-electron chi connectivity index (χ1n) is 24.0. The first kappa shape index (κ1) is 41.1. The Morgan fingerprint density at radius 2 is 0.732 bits per heavy atom. The van der Waals surface area contributed by atoms with Crippen LogP contribution in [0, 0.1) is 0 Å². The van der Waals surface area contributed by atoms with Gasteiger partial charge in [-0.05, 0) is 77.9 Å². The van der Waals surface area contributed by atoms with Crippen LogP contribution in [-0.2, 0) is 0 Å². The number of benzene rings is 10. The van der Waals surface area contributed by atoms with Crippen LogP contribution in [0.3, 0.4) is 0 Å². The van der Waals surface area contributed by atoms with Crippen LogP contribution in [0.15, 0.2) is 255 Å². The monoisotopic (exact) mass is 942 g/mol. The van der Waals surface area contributed by atoms with Crippen LogP contribution in [0.2, 0.25) is 0 Å². The highest BCUT2D eigenvalue weighted by Gasteiger charge is 2.53. The molecule has 4 heterocycles. The highest BCUT2D eigenvalue weighted by molar-refractivity contribution is 7.22. The second kappa shape index (κ2) is 16.3. The molecule has 2 aliphatic rings. The predicted molar refractivity (Wildman–Crippen MR) is 292 cm³/mol. The molecule has 0 atom stereocenters. The summed E-state index contributed by atoms with van der Waals surface area (Å²) in [5, 5.41) is 12.1. The molecule has 1 spiro atoms. The van der Waals surface area contributed by atoms with Crippen molar-refractivity contribution in [2.45, 2.75) is 0 Å². The SMILES string of the molecule is c1ccc([Si](c2ccccc2)(c2ccccc2)c2cccc(-c3nc(-c4ccc5c(c4)Oc4ccccc4[Si]54c5ccccc5Oc5ccccc54)nc(-n4c5ccccc5c5ccccc54)n3)c2)cc1. The van der Waals surface area contributed by atoms with Gasteiger partial charge in [-0.2, -0.15) is 9.97 Å². The summed E-state index contributed by atoms with van der Waals surface area (Å²) in [5.41, 5.74) is 3.76. The molecule has 0 unspecified atom stereocenters. The average molecular weight is 943 g/mol. The molecule has 14 rings (SSSR count). The van der Waals surface area contributed by atoms with Gasteiger partial charge >= 0.3 is 0 Å². The second-order valence-electron chi connectivity index (χ2n) is 18.2. The Bertz CT molecular complexity index is 3820. The molecule has 0 saturated heterocycles. The van der Waals surface area contributed by atoms with E-state index >= 15 is 0 Å². The molecule has 0 N–H and O–H groups in total. The first-order valence-corrected chi connectivity index (χ1v) is 28.0. The fourth-order valence-corrected chi connectivity index (χ4v) is 21.5. The molecule has 0 saturated carbocycles. The number of ether oxygens (including phenoxy) is 2. The Balaban J connectivity index is 1.02. The lowest BCUT2D eigenvalue weighted by atomic mass is 10.1. The molecule has 0 radical (unpaired) electrons. The zero-order valence-electron chi connectivity index (χ0n) is 38.4. The number of rotatable bonds is 7. The summed E-state index contributed by atoms with van der Waals surface area (Å²) in [6, 6.07) is 91.1. The number of hydrogen-bond acceptors (Lipinski definition) is 5. The van der Waals surface area contributed by atoms with Gasteiger partial charge in [-0.1, -0.05) is 218 Å². The summed E-state index contributed by atoms with van der Waals surface area (Å²) in [7, 11) is -5.86. The van der Waals surface area contributed by atoms with Gasteiger partial charge in [-0.15, -0.1) is 0 Å². The fraction of sp³-hybridized carbons (Fsp3) is 0. The molecule has 334 valence electrons. The largest absolute Gasteiger partial charge is 0.458 e. The number of nitrogens with zero attached hydrogens (tertiary/aromatic N) is 4. The molecule has 0 bridgehead atoms. The smallest absolute Gasteiger partial charge is 0.238 e. The summed E-state index contributed by atoms with van der Waals surface area (Å²) in [4.78, 5) is 16.4. The van der Waals surface area contributed by atoms with Crippen molar-refractivity contribution >= 4 is 79.4 Å². The molecule has 12 aromatic rings. The summed E-state index contributed by atoms with van der Waals surface area (Å²) in [6.45, 7) is 0. The van der Waals surface area contributed by atoms with Crippen LogP contribution in [0.4, 0.5) is 0 Å². The van der Waals surface area contributed by atoms with Crippen LogP contribution in [0.1, 0.15) is 0 Å². The number of hydrogen-bond donors (Lipinski definition) is 0. The van der Waals surface area contributed by atoms with Crippen molar-refractivity contribution in [3.63, 3.8) is 0 Å². The maximum atomic E-state index is 7.03. The summed E-state index contributed by atoms with van der Waals surface area (Å²) >= 11 is 0. The highest BCUT2D eigenvalue weighted by atomic mass is 28.3. The van der Waals surface area contributed by atoms with Crippen LogP contribution in [0.25, 0.3) is 50.5 Å². The number of aromatic nitrogens is 4. The van der Waals surface area contributed by atoms with Gasteiger partial charge in [0.05, 0.1) is 11.0 Å². The molecular formula is C63H42N4O2Si2. The summed E-state index contributed by atoms with van der Waals surface area (Å²) in [5.74, 6) is 5.04. The van der Waals surface area contributed by atoms with E-state index in [-0.39, 0.29) is 0 Å². The molecule has 71 heavy (non-hydrogen) atoms. The first-order chi connectivity index (χ1) is 35.2. The van der Waals surface area contributed by atoms with Crippen LogP contribution >= 0.6 is 0 Å². The van der Waals surface area contributed by atoms with Gasteiger partial charge in [0.15, 0.2) is 27.8 Å². The molecule has 8 heteroatoms. The second-order valence-corrected chi connectivity index (χ2v) is 25.7. The van der Waals surface area contributed by atoms with Crippen molar-refractivity contribution in [3.05, 3.63) is 255 Å². The van der Waals surface area contributed by atoms with Crippen molar-refractivity contribution in [2.24, 2.45) is 0 Å². The maximum absolute atomic E-state index is 7.03. The van der Waals surface area contributed by atoms with Gasteiger partial charge in [0.2, 0.25) is 5.95 Å². The molecular weight excluding hydrogens is 901 g/mol. The lowest BCUT2D eigenvalue weighted by molar-refractivity contribution is 0.482. The highest BCUT2D eigenvalue weighted by Crippen LogP contribution is 2.38. The van der Waals surface area contributed by atoms with E-state index in [1.54, 1.807) is 0 Å². The van der Waals surface area contributed by atoms with E-state index < -0.39 is 16.1 Å². The van der Waals surface area contributed by atoms with E-state index in [1.165, 1.54) is 36.3 Å². The lowest BCUT2D eigenvalue weighted by Gasteiger charge is -2.43. The van der Waals surface area contributed by atoms with E-state index in [4.69, 9.17) is 24.4 Å². The Kier molecular flexibility index (Phi) is 9.45. The topological polar surface area (TPSA) is 62.1 Å². The third-order valence-electron chi connectivity index (χ3n) is 14.5. The molecule has 0 aliphatic carbocycles. The fourth-order valence-electron chi connectivity index (χ4n) is 11.6. The minimum atomic E-state index is -2.97. The van der Waals surface area contributed by atoms with Gasteiger partial charge < -0.3 is 9.47 Å². The Labute approximate surface area is 412 Å². The van der Waals surface area contributed by atoms with E-state index in [1.807, 2.05) is 0 Å². The third kappa shape index (κ3) is 6.21. The predicted octanol–water partition coefficient (Wildman–Crippen LogP) is 9.27. The van der Waals surface area contributed by atoms with Crippen LogP contribution < -0.4 is 51.0 Å². The summed E-state index contributed by atoms with van der Waals surface area (Å²) in [6.07, 6.45) is 0. The lowest BCUT2D eigenvalue weighted by Crippen LogP contribution is -2.77. The Morgan fingerprint density at radius 3 is 1.25 bits per heavy atom. The van der Waals surface area contributed by atoms with E-state index in [0.29, 0.717) is 17.6 Å². The van der Waals surface area contributed by atoms with Crippen LogP contribution in [-0.4, -0.2) is 35.7 Å². The normalized spacial score (nSPS) is 13.1. The van der Waals surface area contributed by atoms with Crippen molar-refractivity contribution in [3.8, 4) is 51.7 Å². The van der Waals surface area contributed by atoms with E-state index in [2.05, 4.69) is 259 Å². The van der Waals surface area contributed by atoms with E-state index in [0.717, 1.165) is 61.1 Å². The molecule has 0 amide bonds. The number of para-hydroxylation sites is 5. The van der Waals surface area contributed by atoms with Crippen molar-refractivity contribution in [1.29, 1.82) is 0 Å². The quantitative estimate of drug-likeness (QED) is 0.118. The summed E-state index contributed by atoms with van der Waals surface area (Å²) < 4.78 is 15.9. The Hall–Kier alpha value is -8.96. The number of fused-ring (bicyclic) bond motifs is 11. The van der Waals surface area contributed by atoms with Crippen molar-refractivity contribution in [2.75, 3.05) is 0 Å². The Morgan fingerprint density at radius 1 is 0.324 bits per heavy atom. The van der Waals surface area contributed by atoms with Gasteiger partial charge in [0, 0.05) is 21.9 Å². The molecule has 10 aromatic carbocycles.